The molecule has 1 aliphatic rings. The van der Waals surface area contributed by atoms with E-state index in [0.717, 1.165) is 13.3 Å². The fraction of sp³-hybridized carbons (Fsp3) is 0.700. The molecule has 0 amide bonds. The maximum absolute atomic E-state index is 12.7. The van der Waals surface area contributed by atoms with Crippen molar-refractivity contribution in [1.82, 2.24) is 19.5 Å². The highest BCUT2D eigenvalue weighted by Gasteiger charge is 2.55. The Hall–Kier alpha value is -1.70. The summed E-state index contributed by atoms with van der Waals surface area (Å²) < 4.78 is 35.3. The predicted octanol–water partition coefficient (Wildman–Crippen LogP) is 1.57. The highest BCUT2D eigenvalue weighted by atomic mass is 35.5. The van der Waals surface area contributed by atoms with E-state index in [1.807, 2.05) is 6.92 Å². The van der Waals surface area contributed by atoms with Crippen molar-refractivity contribution >= 4 is 36.3 Å². The minimum Gasteiger partial charge on any atom is -0.463 e. The minimum absolute atomic E-state index is 0.00422. The monoisotopic (exact) mass is 536 g/mol. The van der Waals surface area contributed by atoms with Gasteiger partial charge in [0, 0.05) is 0 Å². The van der Waals surface area contributed by atoms with Crippen LogP contribution >= 0.6 is 19.2 Å². The molecule has 0 aliphatic carbocycles. The summed E-state index contributed by atoms with van der Waals surface area (Å²) >= 11 is 6.07. The van der Waals surface area contributed by atoms with Crippen LogP contribution in [-0.4, -0.2) is 84.1 Å². The second-order valence-corrected chi connectivity index (χ2v) is 10.5. The molecule has 3 N–H and O–H groups in total. The number of halogens is 1. The Morgan fingerprint density at radius 2 is 1.97 bits per heavy atom. The van der Waals surface area contributed by atoms with Crippen LogP contribution in [-0.2, 0) is 34.5 Å². The second kappa shape index (κ2) is 11.1. The third-order valence-electron chi connectivity index (χ3n) is 5.59. The molecule has 13 nitrogen and oxygen atoms in total. The first-order valence-electron chi connectivity index (χ1n) is 11.2. The maximum atomic E-state index is 12.7. The molecule has 3 rings (SSSR count). The van der Waals surface area contributed by atoms with E-state index in [-0.39, 0.29) is 18.5 Å². The number of carbonyl (C=O) groups excluding carboxylic acids is 1. The van der Waals surface area contributed by atoms with Crippen molar-refractivity contribution in [1.29, 1.82) is 0 Å². The average molecular weight is 537 g/mol. The molecule has 3 heterocycles. The van der Waals surface area contributed by atoms with Gasteiger partial charge >= 0.3 is 13.6 Å². The quantitative estimate of drug-likeness (QED) is 0.215. The number of aromatic nitrogens is 4. The van der Waals surface area contributed by atoms with Crippen molar-refractivity contribution in [2.45, 2.75) is 70.4 Å². The molecule has 1 unspecified atom stereocenters. The van der Waals surface area contributed by atoms with Gasteiger partial charge in [-0.15, -0.1) is 0 Å². The number of fused-ring (bicyclic) bond motifs is 1. The van der Waals surface area contributed by atoms with Gasteiger partial charge in [0.1, 0.15) is 23.8 Å². The molecular weight excluding hydrogens is 507 g/mol. The van der Waals surface area contributed by atoms with E-state index in [0.29, 0.717) is 23.3 Å². The van der Waals surface area contributed by atoms with Crippen LogP contribution in [0.1, 0.15) is 46.0 Å². The summed E-state index contributed by atoms with van der Waals surface area (Å²) in [7, 11) is -4.65. The Bertz CT molecular complexity index is 1100. The summed E-state index contributed by atoms with van der Waals surface area (Å²) in [4.78, 5) is 35.6. The predicted molar refractivity (Wildman–Crippen MR) is 123 cm³/mol. The van der Waals surface area contributed by atoms with Gasteiger partial charge in [0.15, 0.2) is 11.9 Å². The number of aliphatic hydroxyl groups is 2. The van der Waals surface area contributed by atoms with E-state index >= 15 is 0 Å². The van der Waals surface area contributed by atoms with E-state index in [4.69, 9.17) is 30.3 Å². The fourth-order valence-corrected chi connectivity index (χ4v) is 5.01. The smallest absolute Gasteiger partial charge is 0.370 e. The Morgan fingerprint density at radius 3 is 2.60 bits per heavy atom. The van der Waals surface area contributed by atoms with Crippen molar-refractivity contribution in [3.63, 3.8) is 0 Å². The van der Waals surface area contributed by atoms with Crippen LogP contribution in [0.3, 0.4) is 0 Å². The van der Waals surface area contributed by atoms with Crippen molar-refractivity contribution in [3.05, 3.63) is 17.3 Å². The van der Waals surface area contributed by atoms with Gasteiger partial charge in [-0.3, -0.25) is 9.13 Å². The maximum Gasteiger partial charge on any atom is 0.370 e. The van der Waals surface area contributed by atoms with Crippen LogP contribution in [0.25, 0.3) is 11.2 Å². The first-order chi connectivity index (χ1) is 16.5. The number of ether oxygens (including phenoxy) is 3. The van der Waals surface area contributed by atoms with E-state index in [1.165, 1.54) is 24.7 Å². The number of nitrogens with zero attached hydrogens (tertiary/aromatic N) is 4. The number of rotatable bonds is 11. The molecule has 15 heteroatoms. The first kappa shape index (κ1) is 27.9. The van der Waals surface area contributed by atoms with Crippen molar-refractivity contribution in [3.8, 4) is 0 Å². The Kier molecular flexibility index (Phi) is 8.87. The molecule has 1 saturated heterocycles. The Morgan fingerprint density at radius 1 is 1.26 bits per heavy atom. The second-order valence-electron chi connectivity index (χ2n) is 8.01. The summed E-state index contributed by atoms with van der Waals surface area (Å²) in [5.41, 5.74) is 1.42. The molecule has 1 fully saturated rings. The van der Waals surface area contributed by atoms with Gasteiger partial charge in [-0.1, -0.05) is 13.3 Å². The van der Waals surface area contributed by atoms with Gasteiger partial charge in [-0.25, -0.2) is 14.8 Å². The van der Waals surface area contributed by atoms with Crippen LogP contribution in [0.2, 0.25) is 5.28 Å². The number of aryl methyl sites for hydroxylation is 1. The zero-order valence-electron chi connectivity index (χ0n) is 19.8. The molecule has 0 bridgehead atoms. The molecule has 0 aromatic carbocycles. The molecular formula is C20H30ClN4O9P. The van der Waals surface area contributed by atoms with Crippen LogP contribution in [0.5, 0.6) is 0 Å². The normalized spacial score (nSPS) is 25.9. The van der Waals surface area contributed by atoms with Gasteiger partial charge in [-0.2, -0.15) is 4.98 Å². The van der Waals surface area contributed by atoms with E-state index < -0.39 is 50.1 Å². The number of hydrogen-bond acceptors (Lipinski definition) is 11. The van der Waals surface area contributed by atoms with Gasteiger partial charge in [0.25, 0.3) is 5.34 Å². The summed E-state index contributed by atoms with van der Waals surface area (Å²) in [6, 6.07) is 0. The van der Waals surface area contributed by atoms with Crippen LogP contribution in [0.15, 0.2) is 6.33 Å². The molecule has 2 aromatic heterocycles. The van der Waals surface area contributed by atoms with E-state index in [1.54, 1.807) is 0 Å². The molecule has 6 atom stereocenters. The molecule has 0 saturated carbocycles. The van der Waals surface area contributed by atoms with Gasteiger partial charge < -0.3 is 33.8 Å². The molecule has 0 radical (unpaired) electrons. The zero-order valence-corrected chi connectivity index (χ0v) is 21.5. The molecule has 0 spiro atoms. The molecule has 196 valence electrons. The summed E-state index contributed by atoms with van der Waals surface area (Å²) in [5, 5.41) is 18.9. The number of aliphatic hydroxyl groups excluding tert-OH is 2. The SMILES string of the molecule is CCCc1nc(Cl)nc2c1ncn2[C@@H]1O[C@H](CO[C@](C)(C(=O)OCC)P(=O)(O)OCC)[C@@H](O)[C@H]1O. The molecule has 1 aliphatic heterocycles. The lowest BCUT2D eigenvalue weighted by molar-refractivity contribution is -0.167. The minimum atomic E-state index is -4.65. The van der Waals surface area contributed by atoms with E-state index in [9.17, 15) is 24.5 Å². The Balaban J connectivity index is 1.85. The zero-order chi connectivity index (χ0) is 26.0. The summed E-state index contributed by atoms with van der Waals surface area (Å²) in [6.45, 7) is 5.29. The van der Waals surface area contributed by atoms with Crippen molar-refractivity contribution in [2.75, 3.05) is 19.8 Å². The average Bonchev–Trinajstić information content (AvgIpc) is 3.33. The first-order valence-corrected chi connectivity index (χ1v) is 13.1. The largest absolute Gasteiger partial charge is 0.463 e. The number of carbonyl (C=O) groups is 1. The fourth-order valence-electron chi connectivity index (χ4n) is 3.70. The highest BCUT2D eigenvalue weighted by Crippen LogP contribution is 2.56. The van der Waals surface area contributed by atoms with Gasteiger partial charge in [0.05, 0.1) is 31.8 Å². The van der Waals surface area contributed by atoms with Gasteiger partial charge in [0.2, 0.25) is 5.28 Å². The molecule has 2 aromatic rings. The Labute approximate surface area is 206 Å². The topological polar surface area (TPSA) is 175 Å². The van der Waals surface area contributed by atoms with Gasteiger partial charge in [-0.05, 0) is 38.8 Å². The van der Waals surface area contributed by atoms with Crippen molar-refractivity contribution < 1.29 is 43.2 Å². The summed E-state index contributed by atoms with van der Waals surface area (Å²) in [5.74, 6) is -1.11. The third-order valence-corrected chi connectivity index (χ3v) is 7.76. The third kappa shape index (κ3) is 5.37. The standard InChI is InChI=1S/C20H30ClN4O9P/c1-5-8-11-13-16(24-19(21)23-11)25(10-22-13)17-15(27)14(26)12(34-17)9-32-20(4,18(28)31-6-2)35(29,30)33-7-3/h10,12,14-15,17,26-27H,5-9H2,1-4H3,(H,29,30)/t12-,14-,15-,17-,20+/m1/s1. The van der Waals surface area contributed by atoms with Crippen molar-refractivity contribution in [2.24, 2.45) is 0 Å². The summed E-state index contributed by atoms with van der Waals surface area (Å²) in [6.07, 6.45) is -2.44. The highest BCUT2D eigenvalue weighted by molar-refractivity contribution is 7.55. The number of imidazole rings is 1. The van der Waals surface area contributed by atoms with Crippen LogP contribution in [0.4, 0.5) is 0 Å². The number of esters is 1. The lowest BCUT2D eigenvalue weighted by Crippen LogP contribution is -2.44. The molecule has 35 heavy (non-hydrogen) atoms. The lowest BCUT2D eigenvalue weighted by Gasteiger charge is -2.31. The van der Waals surface area contributed by atoms with E-state index in [2.05, 4.69) is 15.0 Å². The van der Waals surface area contributed by atoms with Crippen LogP contribution < -0.4 is 0 Å². The lowest BCUT2D eigenvalue weighted by atomic mass is 10.1. The number of hydrogen-bond donors (Lipinski definition) is 3. The van der Waals surface area contributed by atoms with Crippen LogP contribution in [0, 0.1) is 0 Å².